The summed E-state index contributed by atoms with van der Waals surface area (Å²) in [5.41, 5.74) is 0. The summed E-state index contributed by atoms with van der Waals surface area (Å²) in [6, 6.07) is 0. The number of rotatable bonds is 74. The maximum Gasteiger partial charge on any atom is 0.472 e. The van der Waals surface area contributed by atoms with Crippen molar-refractivity contribution in [3.8, 4) is 0 Å². The number of hydrogen-bond acceptors (Lipinski definition) is 15. The van der Waals surface area contributed by atoms with E-state index in [2.05, 4.69) is 65.8 Å². The highest BCUT2D eigenvalue weighted by Crippen LogP contribution is 2.45. The summed E-state index contributed by atoms with van der Waals surface area (Å²) < 4.78 is 68.4. The molecule has 0 amide bonds. The van der Waals surface area contributed by atoms with E-state index in [0.717, 1.165) is 116 Å². The van der Waals surface area contributed by atoms with E-state index in [1.807, 2.05) is 0 Å². The van der Waals surface area contributed by atoms with Crippen molar-refractivity contribution in [3.63, 3.8) is 0 Å². The van der Waals surface area contributed by atoms with Crippen molar-refractivity contribution in [1.29, 1.82) is 0 Å². The first-order chi connectivity index (χ1) is 46.4. The van der Waals surface area contributed by atoms with Gasteiger partial charge in [-0.2, -0.15) is 0 Å². The van der Waals surface area contributed by atoms with Crippen LogP contribution in [0.5, 0.6) is 0 Å². The zero-order chi connectivity index (χ0) is 70.7. The molecule has 17 nitrogen and oxygen atoms in total. The lowest BCUT2D eigenvalue weighted by Gasteiger charge is -2.21. The molecule has 0 aromatic rings. The number of hydrogen-bond donors (Lipinski definition) is 3. The predicted molar refractivity (Wildman–Crippen MR) is 391 cm³/mol. The van der Waals surface area contributed by atoms with Gasteiger partial charge in [0.05, 0.1) is 26.4 Å². The van der Waals surface area contributed by atoms with Gasteiger partial charge in [-0.25, -0.2) is 9.13 Å². The first-order valence-corrected chi connectivity index (χ1v) is 42.3. The van der Waals surface area contributed by atoms with Crippen LogP contribution in [0.4, 0.5) is 0 Å². The lowest BCUT2D eigenvalue weighted by Crippen LogP contribution is -2.30. The van der Waals surface area contributed by atoms with Crippen molar-refractivity contribution in [2.24, 2.45) is 11.8 Å². The van der Waals surface area contributed by atoms with Gasteiger partial charge in [0.2, 0.25) is 0 Å². The van der Waals surface area contributed by atoms with Gasteiger partial charge in [-0.1, -0.05) is 323 Å². The maximum absolute atomic E-state index is 13.1. The molecule has 0 aliphatic carbocycles. The number of ether oxygens (including phenoxy) is 4. The van der Waals surface area contributed by atoms with Crippen LogP contribution in [0.15, 0.2) is 24.3 Å². The number of phosphoric ester groups is 2. The molecule has 0 saturated carbocycles. The largest absolute Gasteiger partial charge is 0.472 e. The second-order valence-electron chi connectivity index (χ2n) is 28.0. The smallest absolute Gasteiger partial charge is 0.462 e. The number of phosphoric acid groups is 2. The number of allylic oxidation sites excluding steroid dienone is 4. The van der Waals surface area contributed by atoms with Crippen LogP contribution in [-0.2, 0) is 65.4 Å². The van der Waals surface area contributed by atoms with Gasteiger partial charge in [0, 0.05) is 25.7 Å². The molecule has 96 heavy (non-hydrogen) atoms. The SMILES string of the molecule is CCCCCC/C=C\C=C/CCCCCCCC(=O)OC[C@H](COP(=O)(O)OC[C@@H](O)COP(=O)(O)OC[C@@H](COC(=O)CCCCCCCCC(C)C)OC(=O)CCCCCCCCCC(C)C)OC(=O)CCCCCCCCCCCCCCCCCCCCCCCC. The van der Waals surface area contributed by atoms with Crippen LogP contribution in [0.1, 0.15) is 375 Å². The fraction of sp³-hybridized carbons (Fsp3) is 0.896. The minimum absolute atomic E-state index is 0.100. The molecule has 5 atom stereocenters. The highest BCUT2D eigenvalue weighted by molar-refractivity contribution is 7.47. The second kappa shape index (κ2) is 68.3. The average Bonchev–Trinajstić information content (AvgIpc) is 1.30. The van der Waals surface area contributed by atoms with E-state index in [1.54, 1.807) is 0 Å². The highest BCUT2D eigenvalue weighted by atomic mass is 31.2. The molecule has 0 fully saturated rings. The molecule has 566 valence electrons. The number of unbranched alkanes of at least 4 members (excludes halogenated alkanes) is 41. The normalized spacial score (nSPS) is 14.2. The summed E-state index contributed by atoms with van der Waals surface area (Å²) >= 11 is 0. The number of carbonyl (C=O) groups excluding carboxylic acids is 4. The Bertz CT molecular complexity index is 1950. The third-order valence-corrected chi connectivity index (χ3v) is 19.2. The molecular formula is C77H146O17P2. The molecule has 0 heterocycles. The van der Waals surface area contributed by atoms with Gasteiger partial charge in [-0.15, -0.1) is 0 Å². The molecular weight excluding hydrogens is 1260 g/mol. The van der Waals surface area contributed by atoms with Gasteiger partial charge in [0.1, 0.15) is 19.3 Å². The van der Waals surface area contributed by atoms with Crippen molar-refractivity contribution in [3.05, 3.63) is 24.3 Å². The topological polar surface area (TPSA) is 237 Å². The number of esters is 4. The molecule has 0 spiro atoms. The Balaban J connectivity index is 5.20. The minimum atomic E-state index is -4.97. The summed E-state index contributed by atoms with van der Waals surface area (Å²) in [6.07, 6.45) is 59.6. The molecule has 19 heteroatoms. The summed E-state index contributed by atoms with van der Waals surface area (Å²) in [5.74, 6) is -0.781. The molecule has 0 aromatic carbocycles. The molecule has 0 aromatic heterocycles. The van der Waals surface area contributed by atoms with Crippen molar-refractivity contribution in [1.82, 2.24) is 0 Å². The van der Waals surface area contributed by atoms with Crippen molar-refractivity contribution >= 4 is 39.5 Å². The monoisotopic (exact) mass is 1410 g/mol. The van der Waals surface area contributed by atoms with Crippen molar-refractivity contribution in [2.45, 2.75) is 394 Å². The van der Waals surface area contributed by atoms with Gasteiger partial charge in [0.25, 0.3) is 0 Å². The minimum Gasteiger partial charge on any atom is -0.462 e. The molecule has 0 rings (SSSR count). The van der Waals surface area contributed by atoms with E-state index in [1.165, 1.54) is 167 Å². The highest BCUT2D eigenvalue weighted by Gasteiger charge is 2.30. The van der Waals surface area contributed by atoms with Crippen LogP contribution in [0.2, 0.25) is 0 Å². The van der Waals surface area contributed by atoms with Gasteiger partial charge in [0.15, 0.2) is 12.2 Å². The van der Waals surface area contributed by atoms with E-state index < -0.39 is 97.5 Å². The Morgan fingerprint density at radius 3 is 0.854 bits per heavy atom. The first kappa shape index (κ1) is 93.5. The van der Waals surface area contributed by atoms with Crippen LogP contribution in [0, 0.1) is 11.8 Å². The molecule has 0 radical (unpaired) electrons. The Hall–Kier alpha value is -2.46. The molecule has 0 bridgehead atoms. The van der Waals surface area contributed by atoms with Crippen LogP contribution < -0.4 is 0 Å². The third kappa shape index (κ3) is 70.0. The Morgan fingerprint density at radius 2 is 0.562 bits per heavy atom. The lowest BCUT2D eigenvalue weighted by molar-refractivity contribution is -0.161. The number of aliphatic hydroxyl groups excluding tert-OH is 1. The molecule has 0 saturated heterocycles. The molecule has 3 N–H and O–H groups in total. The van der Waals surface area contributed by atoms with Crippen LogP contribution in [0.25, 0.3) is 0 Å². The van der Waals surface area contributed by atoms with Gasteiger partial charge in [-0.3, -0.25) is 37.3 Å². The number of carbonyl (C=O) groups is 4. The van der Waals surface area contributed by atoms with E-state index in [-0.39, 0.29) is 25.7 Å². The summed E-state index contributed by atoms with van der Waals surface area (Å²) in [5, 5.41) is 10.6. The second-order valence-corrected chi connectivity index (χ2v) is 30.9. The first-order valence-electron chi connectivity index (χ1n) is 39.3. The summed E-state index contributed by atoms with van der Waals surface area (Å²) in [4.78, 5) is 72.7. The molecule has 0 aliphatic rings. The fourth-order valence-electron chi connectivity index (χ4n) is 11.3. The van der Waals surface area contributed by atoms with Crippen molar-refractivity contribution < 1.29 is 80.2 Å². The van der Waals surface area contributed by atoms with Crippen LogP contribution in [0.3, 0.4) is 0 Å². The van der Waals surface area contributed by atoms with Gasteiger partial charge < -0.3 is 33.8 Å². The van der Waals surface area contributed by atoms with Gasteiger partial charge >= 0.3 is 39.5 Å². The fourth-order valence-corrected chi connectivity index (χ4v) is 12.9. The molecule has 2 unspecified atom stereocenters. The van der Waals surface area contributed by atoms with E-state index in [9.17, 15) is 43.2 Å². The average molecular weight is 1410 g/mol. The zero-order valence-corrected chi connectivity index (χ0v) is 63.9. The van der Waals surface area contributed by atoms with Crippen molar-refractivity contribution in [2.75, 3.05) is 39.6 Å². The molecule has 0 aliphatic heterocycles. The van der Waals surface area contributed by atoms with E-state index >= 15 is 0 Å². The summed E-state index contributed by atoms with van der Waals surface area (Å²) in [6.45, 7) is 9.37. The Labute approximate surface area is 586 Å². The zero-order valence-electron chi connectivity index (χ0n) is 62.2. The van der Waals surface area contributed by atoms with E-state index in [0.29, 0.717) is 37.5 Å². The van der Waals surface area contributed by atoms with Gasteiger partial charge in [-0.05, 0) is 63.2 Å². The third-order valence-electron chi connectivity index (χ3n) is 17.3. The van der Waals surface area contributed by atoms with Crippen LogP contribution in [-0.4, -0.2) is 96.7 Å². The van der Waals surface area contributed by atoms with Crippen LogP contribution >= 0.6 is 15.6 Å². The standard InChI is InChI=1S/C77H146O17P2/c1-7-9-11-13-15-17-19-21-23-24-25-26-27-28-29-31-33-35-37-41-49-55-61-76(81)93-72(65-87-74(79)59-53-47-40-36-34-32-30-22-20-18-16-14-12-10-8-2)67-91-95(83,84)89-63-71(78)64-90-96(85,86)92-68-73(66-88-75(80)60-54-48-44-43-46-52-58-70(5)6)94-77(82)62-56-50-42-38-39-45-51-57-69(3)4/h18,20,22,30,69-73,78H,7-17,19,21,23-29,31-68H2,1-6H3,(H,83,84)(H,85,86)/b20-18-,30-22-/t71-,72-,73-/m1/s1. The predicted octanol–water partition coefficient (Wildman–Crippen LogP) is 22.3. The van der Waals surface area contributed by atoms with E-state index in [4.69, 9.17) is 37.0 Å². The quantitative estimate of drug-likeness (QED) is 0.0169. The summed E-state index contributed by atoms with van der Waals surface area (Å²) in [7, 11) is -9.92. The number of aliphatic hydroxyl groups is 1. The lowest BCUT2D eigenvalue weighted by atomic mass is 10.0. The maximum atomic E-state index is 13.1. The Morgan fingerprint density at radius 1 is 0.323 bits per heavy atom. The Kier molecular flexibility index (Phi) is 66.6.